The second kappa shape index (κ2) is 4.31. The first kappa shape index (κ1) is 8.49. The molecular weight excluding hydrogens is 144 g/mol. The SMILES string of the molecule is [O]CCCN1CCNC(=O)C1. The average Bonchev–Trinajstić information content (AvgIpc) is 2.01. The molecule has 63 valence electrons. The summed E-state index contributed by atoms with van der Waals surface area (Å²) in [5, 5.41) is 12.9. The molecule has 1 aliphatic rings. The quantitative estimate of drug-likeness (QED) is 0.585. The second-order valence-corrected chi connectivity index (χ2v) is 2.68. The van der Waals surface area contributed by atoms with E-state index >= 15 is 0 Å². The number of piperazine rings is 1. The van der Waals surface area contributed by atoms with E-state index in [1.54, 1.807) is 0 Å². The number of hydrogen-bond donors (Lipinski definition) is 1. The van der Waals surface area contributed by atoms with Crippen LogP contribution in [0.1, 0.15) is 6.42 Å². The Morgan fingerprint density at radius 3 is 3.00 bits per heavy atom. The molecule has 4 heteroatoms. The van der Waals surface area contributed by atoms with Gasteiger partial charge in [0.1, 0.15) is 0 Å². The zero-order valence-corrected chi connectivity index (χ0v) is 6.51. The first-order chi connectivity index (χ1) is 5.33. The highest BCUT2D eigenvalue weighted by molar-refractivity contribution is 5.78. The topological polar surface area (TPSA) is 52.2 Å². The van der Waals surface area contributed by atoms with Crippen LogP contribution in [0.15, 0.2) is 0 Å². The Balaban J connectivity index is 2.17. The molecule has 1 radical (unpaired) electrons. The Morgan fingerprint density at radius 1 is 1.55 bits per heavy atom. The van der Waals surface area contributed by atoms with Gasteiger partial charge in [0.2, 0.25) is 5.91 Å². The fourth-order valence-corrected chi connectivity index (χ4v) is 1.17. The summed E-state index contributed by atoms with van der Waals surface area (Å²) < 4.78 is 0. The van der Waals surface area contributed by atoms with Crippen LogP contribution in [-0.2, 0) is 9.90 Å². The van der Waals surface area contributed by atoms with E-state index in [2.05, 4.69) is 5.32 Å². The molecule has 0 atom stereocenters. The van der Waals surface area contributed by atoms with Gasteiger partial charge in [-0.15, -0.1) is 0 Å². The van der Waals surface area contributed by atoms with E-state index in [0.29, 0.717) is 13.0 Å². The first-order valence-corrected chi connectivity index (χ1v) is 3.90. The van der Waals surface area contributed by atoms with Crippen LogP contribution >= 0.6 is 0 Å². The molecule has 1 aliphatic heterocycles. The van der Waals surface area contributed by atoms with Crippen molar-refractivity contribution in [1.29, 1.82) is 0 Å². The Morgan fingerprint density at radius 2 is 2.36 bits per heavy atom. The van der Waals surface area contributed by atoms with Crippen molar-refractivity contribution in [2.45, 2.75) is 6.42 Å². The van der Waals surface area contributed by atoms with E-state index in [9.17, 15) is 9.90 Å². The lowest BCUT2D eigenvalue weighted by Crippen LogP contribution is -2.47. The summed E-state index contributed by atoms with van der Waals surface area (Å²) in [6.07, 6.45) is 0.646. The molecule has 11 heavy (non-hydrogen) atoms. The van der Waals surface area contributed by atoms with Gasteiger partial charge in [0.15, 0.2) is 0 Å². The predicted molar refractivity (Wildman–Crippen MR) is 39.6 cm³/mol. The molecule has 1 saturated heterocycles. The summed E-state index contributed by atoms with van der Waals surface area (Å²) in [5.41, 5.74) is 0. The Labute approximate surface area is 66.2 Å². The van der Waals surface area contributed by atoms with Crippen molar-refractivity contribution < 1.29 is 9.90 Å². The van der Waals surface area contributed by atoms with Crippen molar-refractivity contribution in [3.63, 3.8) is 0 Å². The van der Waals surface area contributed by atoms with Crippen molar-refractivity contribution in [2.75, 3.05) is 32.8 Å². The zero-order chi connectivity index (χ0) is 8.10. The van der Waals surface area contributed by atoms with E-state index in [0.717, 1.165) is 19.6 Å². The maximum absolute atomic E-state index is 10.8. The van der Waals surface area contributed by atoms with Crippen LogP contribution in [0.25, 0.3) is 0 Å². The van der Waals surface area contributed by atoms with Gasteiger partial charge >= 0.3 is 0 Å². The molecule has 0 aromatic heterocycles. The second-order valence-electron chi connectivity index (χ2n) is 2.68. The van der Waals surface area contributed by atoms with Crippen molar-refractivity contribution >= 4 is 5.91 Å². The van der Waals surface area contributed by atoms with Crippen LogP contribution < -0.4 is 5.32 Å². The van der Waals surface area contributed by atoms with Crippen molar-refractivity contribution in [3.05, 3.63) is 0 Å². The molecule has 4 nitrogen and oxygen atoms in total. The predicted octanol–water partition coefficient (Wildman–Crippen LogP) is -0.761. The van der Waals surface area contributed by atoms with Gasteiger partial charge in [0.25, 0.3) is 0 Å². The number of hydrogen-bond acceptors (Lipinski definition) is 2. The normalized spacial score (nSPS) is 19.9. The highest BCUT2D eigenvalue weighted by Gasteiger charge is 2.14. The third-order valence-electron chi connectivity index (χ3n) is 1.74. The summed E-state index contributed by atoms with van der Waals surface area (Å²) in [6, 6.07) is 0. The van der Waals surface area contributed by atoms with Crippen molar-refractivity contribution in [2.24, 2.45) is 0 Å². The van der Waals surface area contributed by atoms with Crippen LogP contribution in [0.5, 0.6) is 0 Å². The number of nitrogens with zero attached hydrogens (tertiary/aromatic N) is 1. The van der Waals surface area contributed by atoms with Crippen LogP contribution in [0.2, 0.25) is 0 Å². The summed E-state index contributed by atoms with van der Waals surface area (Å²) in [4.78, 5) is 12.8. The lowest BCUT2D eigenvalue weighted by molar-refractivity contribution is -0.124. The van der Waals surface area contributed by atoms with Crippen molar-refractivity contribution in [3.8, 4) is 0 Å². The minimum absolute atomic E-state index is 0.0435. The fraction of sp³-hybridized carbons (Fsp3) is 0.857. The summed E-state index contributed by atoms with van der Waals surface area (Å²) >= 11 is 0. The summed E-state index contributed by atoms with van der Waals surface area (Å²) in [6.45, 7) is 2.78. The molecule has 0 aromatic rings. The van der Waals surface area contributed by atoms with Gasteiger partial charge < -0.3 is 5.32 Å². The number of nitrogens with one attached hydrogen (secondary N) is 1. The lowest BCUT2D eigenvalue weighted by Gasteiger charge is -2.25. The number of amides is 1. The fourth-order valence-electron chi connectivity index (χ4n) is 1.17. The average molecular weight is 157 g/mol. The van der Waals surface area contributed by atoms with E-state index in [-0.39, 0.29) is 12.5 Å². The Kier molecular flexibility index (Phi) is 3.32. The monoisotopic (exact) mass is 157 g/mol. The molecular formula is C7H13N2O2. The number of carbonyl (C=O) groups excluding carboxylic acids is 1. The number of rotatable bonds is 3. The third-order valence-corrected chi connectivity index (χ3v) is 1.74. The van der Waals surface area contributed by atoms with E-state index in [1.807, 2.05) is 4.90 Å². The van der Waals surface area contributed by atoms with E-state index < -0.39 is 0 Å². The molecule has 0 saturated carbocycles. The van der Waals surface area contributed by atoms with Crippen molar-refractivity contribution in [1.82, 2.24) is 10.2 Å². The van der Waals surface area contributed by atoms with Crippen LogP contribution in [0, 0.1) is 0 Å². The van der Waals surface area contributed by atoms with Gasteiger partial charge in [-0.1, -0.05) is 0 Å². The van der Waals surface area contributed by atoms with Gasteiger partial charge in [0.05, 0.1) is 13.2 Å². The summed E-state index contributed by atoms with van der Waals surface area (Å²) in [5.74, 6) is 0.0714. The van der Waals surface area contributed by atoms with E-state index in [4.69, 9.17) is 0 Å². The molecule has 1 amide bonds. The highest BCUT2D eigenvalue weighted by atomic mass is 16.3. The Bertz CT molecular complexity index is 138. The van der Waals surface area contributed by atoms with Gasteiger partial charge in [0, 0.05) is 19.6 Å². The lowest BCUT2D eigenvalue weighted by atomic mass is 10.3. The molecule has 1 N–H and O–H groups in total. The maximum Gasteiger partial charge on any atom is 0.234 e. The van der Waals surface area contributed by atoms with Gasteiger partial charge in [-0.3, -0.25) is 9.69 Å². The minimum Gasteiger partial charge on any atom is -0.354 e. The maximum atomic E-state index is 10.8. The molecule has 0 spiro atoms. The van der Waals surface area contributed by atoms with Crippen LogP contribution in [-0.4, -0.2) is 43.6 Å². The van der Waals surface area contributed by atoms with Crippen LogP contribution in [0.3, 0.4) is 0 Å². The Hall–Kier alpha value is -0.610. The number of carbonyl (C=O) groups is 1. The minimum atomic E-state index is -0.0435. The molecule has 0 aromatic carbocycles. The standard InChI is InChI=1S/C7H13N2O2/c10-5-1-3-9-4-2-8-7(11)6-9/h1-6H2,(H,8,11). The highest BCUT2D eigenvalue weighted by Crippen LogP contribution is 1.94. The molecule has 0 bridgehead atoms. The largest absolute Gasteiger partial charge is 0.354 e. The molecule has 0 unspecified atom stereocenters. The van der Waals surface area contributed by atoms with Gasteiger partial charge in [-0.25, -0.2) is 5.11 Å². The summed E-state index contributed by atoms with van der Waals surface area (Å²) in [7, 11) is 0. The first-order valence-electron chi connectivity index (χ1n) is 3.90. The molecule has 1 rings (SSSR count). The molecule has 0 aliphatic carbocycles. The van der Waals surface area contributed by atoms with E-state index in [1.165, 1.54) is 0 Å². The van der Waals surface area contributed by atoms with Gasteiger partial charge in [-0.05, 0) is 6.42 Å². The molecule has 1 heterocycles. The molecule has 1 fully saturated rings. The third kappa shape index (κ3) is 2.86. The smallest absolute Gasteiger partial charge is 0.234 e. The zero-order valence-electron chi connectivity index (χ0n) is 6.51. The van der Waals surface area contributed by atoms with Gasteiger partial charge in [-0.2, -0.15) is 0 Å². The van der Waals surface area contributed by atoms with Crippen LogP contribution in [0.4, 0.5) is 0 Å².